The van der Waals surface area contributed by atoms with Crippen LogP contribution in [-0.2, 0) is 6.54 Å². The monoisotopic (exact) mass is 281 g/mol. The second-order valence-corrected chi connectivity index (χ2v) is 4.54. The Morgan fingerprint density at radius 1 is 1.00 bits per heavy atom. The number of rotatable bonds is 3. The molecule has 21 heavy (non-hydrogen) atoms. The third kappa shape index (κ3) is 2.02. The molecule has 4 rings (SSSR count). The molecule has 6 heteroatoms. The predicted octanol–water partition coefficient (Wildman–Crippen LogP) is 3.20. The summed E-state index contributed by atoms with van der Waals surface area (Å²) >= 11 is 0. The normalized spacial score (nSPS) is 11.3. The summed E-state index contributed by atoms with van der Waals surface area (Å²) in [6.07, 6.45) is 0. The zero-order valence-corrected chi connectivity index (χ0v) is 10.9. The van der Waals surface area contributed by atoms with E-state index in [1.807, 2.05) is 30.3 Å². The van der Waals surface area contributed by atoms with E-state index in [2.05, 4.69) is 10.1 Å². The molecule has 4 aromatic rings. The summed E-state index contributed by atoms with van der Waals surface area (Å²) < 4.78 is 16.4. The van der Waals surface area contributed by atoms with Gasteiger partial charge in [0.2, 0.25) is 5.82 Å². The average molecular weight is 281 g/mol. The van der Waals surface area contributed by atoms with E-state index in [0.29, 0.717) is 35.5 Å². The number of hydrogen-bond acceptors (Lipinski definition) is 6. The third-order valence-electron chi connectivity index (χ3n) is 3.15. The molecule has 3 heterocycles. The summed E-state index contributed by atoms with van der Waals surface area (Å²) in [5, 5.41) is 4.91. The number of aromatic nitrogens is 2. The maximum absolute atomic E-state index is 5.69. The van der Waals surface area contributed by atoms with Gasteiger partial charge in [0, 0.05) is 5.39 Å². The molecule has 0 spiro atoms. The third-order valence-corrected chi connectivity index (χ3v) is 3.15. The van der Waals surface area contributed by atoms with Gasteiger partial charge in [0.05, 0.1) is 6.54 Å². The molecular formula is C15H11N3O3. The summed E-state index contributed by atoms with van der Waals surface area (Å²) in [6.45, 7) is 0.324. The van der Waals surface area contributed by atoms with Crippen molar-refractivity contribution in [3.8, 4) is 23.2 Å². The van der Waals surface area contributed by atoms with E-state index < -0.39 is 0 Å². The Morgan fingerprint density at radius 2 is 1.90 bits per heavy atom. The van der Waals surface area contributed by atoms with Crippen LogP contribution in [0.3, 0.4) is 0 Å². The zero-order valence-electron chi connectivity index (χ0n) is 10.9. The summed E-state index contributed by atoms with van der Waals surface area (Å²) in [6, 6.07) is 13.1. The minimum atomic E-state index is 0.296. The van der Waals surface area contributed by atoms with E-state index in [1.54, 1.807) is 12.1 Å². The van der Waals surface area contributed by atoms with Crippen molar-refractivity contribution in [1.82, 2.24) is 10.1 Å². The molecule has 0 radical (unpaired) electrons. The molecule has 6 nitrogen and oxygen atoms in total. The van der Waals surface area contributed by atoms with Gasteiger partial charge >= 0.3 is 0 Å². The summed E-state index contributed by atoms with van der Waals surface area (Å²) in [4.78, 5) is 4.29. The van der Waals surface area contributed by atoms with Gasteiger partial charge in [0.15, 0.2) is 11.5 Å². The van der Waals surface area contributed by atoms with Crippen LogP contribution in [0.5, 0.6) is 0 Å². The molecule has 0 aliphatic rings. The van der Waals surface area contributed by atoms with Gasteiger partial charge in [-0.15, -0.1) is 0 Å². The Balaban J connectivity index is 1.73. The highest BCUT2D eigenvalue weighted by Crippen LogP contribution is 2.28. The first-order chi connectivity index (χ1) is 10.3. The van der Waals surface area contributed by atoms with Crippen molar-refractivity contribution in [2.24, 2.45) is 5.73 Å². The molecule has 0 atom stereocenters. The molecule has 0 aliphatic heterocycles. The second kappa shape index (κ2) is 4.60. The Kier molecular flexibility index (Phi) is 2.61. The smallest absolute Gasteiger partial charge is 0.294 e. The van der Waals surface area contributed by atoms with Crippen molar-refractivity contribution in [3.63, 3.8) is 0 Å². The number of para-hydroxylation sites is 1. The molecule has 0 saturated heterocycles. The Labute approximate surface area is 119 Å². The fourth-order valence-corrected chi connectivity index (χ4v) is 2.12. The van der Waals surface area contributed by atoms with Crippen molar-refractivity contribution in [2.75, 3.05) is 0 Å². The van der Waals surface area contributed by atoms with Crippen molar-refractivity contribution >= 4 is 11.0 Å². The fraction of sp³-hybridized carbons (Fsp3) is 0.0667. The fourth-order valence-electron chi connectivity index (χ4n) is 2.12. The number of benzene rings is 1. The number of furan rings is 2. The van der Waals surface area contributed by atoms with Crippen LogP contribution in [0.1, 0.15) is 5.76 Å². The average Bonchev–Trinajstić information content (AvgIpc) is 3.24. The van der Waals surface area contributed by atoms with Crippen molar-refractivity contribution in [1.29, 1.82) is 0 Å². The topological polar surface area (TPSA) is 91.2 Å². The van der Waals surface area contributed by atoms with Crippen molar-refractivity contribution < 1.29 is 13.4 Å². The van der Waals surface area contributed by atoms with E-state index in [-0.39, 0.29) is 0 Å². The molecule has 0 unspecified atom stereocenters. The molecule has 104 valence electrons. The first-order valence-electron chi connectivity index (χ1n) is 6.45. The quantitative estimate of drug-likeness (QED) is 0.620. The molecule has 2 N–H and O–H groups in total. The summed E-state index contributed by atoms with van der Waals surface area (Å²) in [5.74, 6) is 2.38. The molecule has 0 aliphatic carbocycles. The maximum Gasteiger partial charge on any atom is 0.294 e. The first-order valence-corrected chi connectivity index (χ1v) is 6.45. The molecule has 3 aromatic heterocycles. The molecule has 1 aromatic carbocycles. The molecule has 0 saturated carbocycles. The van der Waals surface area contributed by atoms with Gasteiger partial charge in [-0.1, -0.05) is 23.4 Å². The lowest BCUT2D eigenvalue weighted by Gasteiger charge is -1.87. The van der Waals surface area contributed by atoms with Crippen molar-refractivity contribution in [3.05, 3.63) is 48.2 Å². The van der Waals surface area contributed by atoms with Gasteiger partial charge in [-0.25, -0.2) is 0 Å². The second-order valence-electron chi connectivity index (χ2n) is 4.54. The maximum atomic E-state index is 5.69. The largest absolute Gasteiger partial charge is 0.455 e. The van der Waals surface area contributed by atoms with E-state index in [1.165, 1.54) is 0 Å². The lowest BCUT2D eigenvalue weighted by Crippen LogP contribution is -1.92. The van der Waals surface area contributed by atoms with Crippen LogP contribution < -0.4 is 5.73 Å². The minimum Gasteiger partial charge on any atom is -0.455 e. The highest BCUT2D eigenvalue weighted by molar-refractivity contribution is 5.81. The number of nitrogens with two attached hydrogens (primary N) is 1. The van der Waals surface area contributed by atoms with Gasteiger partial charge in [-0.2, -0.15) is 4.98 Å². The van der Waals surface area contributed by atoms with Gasteiger partial charge in [0.25, 0.3) is 5.89 Å². The standard InChI is InChI=1S/C15H11N3O3/c16-8-10-5-6-12(19-10)15-17-14(18-21-15)13-7-9-3-1-2-4-11(9)20-13/h1-7H,8,16H2. The number of fused-ring (bicyclic) bond motifs is 1. The van der Waals surface area contributed by atoms with Crippen LogP contribution in [0.15, 0.2) is 55.8 Å². The Hall–Kier alpha value is -2.86. The first kappa shape index (κ1) is 11.9. The minimum absolute atomic E-state index is 0.296. The predicted molar refractivity (Wildman–Crippen MR) is 75.1 cm³/mol. The van der Waals surface area contributed by atoms with Crippen LogP contribution in [0.25, 0.3) is 34.2 Å². The summed E-state index contributed by atoms with van der Waals surface area (Å²) in [5.41, 5.74) is 6.29. The van der Waals surface area contributed by atoms with Gasteiger partial charge < -0.3 is 19.1 Å². The molecular weight excluding hydrogens is 270 g/mol. The number of nitrogens with zero attached hydrogens (tertiary/aromatic N) is 2. The van der Waals surface area contributed by atoms with Gasteiger partial charge in [0.1, 0.15) is 11.3 Å². The number of hydrogen-bond donors (Lipinski definition) is 1. The lowest BCUT2D eigenvalue weighted by molar-refractivity contribution is 0.410. The highest BCUT2D eigenvalue weighted by atomic mass is 16.5. The van der Waals surface area contributed by atoms with E-state index in [9.17, 15) is 0 Å². The van der Waals surface area contributed by atoms with E-state index in [0.717, 1.165) is 11.0 Å². The van der Waals surface area contributed by atoms with Crippen LogP contribution in [0.4, 0.5) is 0 Å². The van der Waals surface area contributed by atoms with Crippen LogP contribution in [0, 0.1) is 0 Å². The van der Waals surface area contributed by atoms with Crippen LogP contribution >= 0.6 is 0 Å². The van der Waals surface area contributed by atoms with Gasteiger partial charge in [-0.05, 0) is 24.3 Å². The lowest BCUT2D eigenvalue weighted by atomic mass is 10.2. The Morgan fingerprint density at radius 3 is 2.71 bits per heavy atom. The molecule has 0 fully saturated rings. The van der Waals surface area contributed by atoms with Crippen LogP contribution in [-0.4, -0.2) is 10.1 Å². The SMILES string of the molecule is NCc1ccc(-c2nc(-c3cc4ccccc4o3)no2)o1. The zero-order chi connectivity index (χ0) is 14.2. The molecule has 0 bridgehead atoms. The Bertz CT molecular complexity index is 871. The summed E-state index contributed by atoms with van der Waals surface area (Å²) in [7, 11) is 0. The van der Waals surface area contributed by atoms with E-state index in [4.69, 9.17) is 19.1 Å². The highest BCUT2D eigenvalue weighted by Gasteiger charge is 2.16. The van der Waals surface area contributed by atoms with E-state index >= 15 is 0 Å². The molecule has 0 amide bonds. The van der Waals surface area contributed by atoms with Crippen molar-refractivity contribution in [2.45, 2.75) is 6.54 Å². The van der Waals surface area contributed by atoms with Gasteiger partial charge in [-0.3, -0.25) is 0 Å². The van der Waals surface area contributed by atoms with Crippen LogP contribution in [0.2, 0.25) is 0 Å².